The van der Waals surface area contributed by atoms with Gasteiger partial charge >= 0.3 is 0 Å². The van der Waals surface area contributed by atoms with Crippen LogP contribution in [0.3, 0.4) is 0 Å². The molecule has 0 aliphatic carbocycles. The second kappa shape index (κ2) is 11.8. The summed E-state index contributed by atoms with van der Waals surface area (Å²) in [7, 11) is 0. The van der Waals surface area contributed by atoms with Crippen molar-refractivity contribution < 1.29 is 4.74 Å². The van der Waals surface area contributed by atoms with Crippen LogP contribution in [0, 0.1) is 27.7 Å². The molecule has 0 N–H and O–H groups in total. The first-order valence-electron chi connectivity index (χ1n) is 16.5. The number of ether oxygens (including phenoxy) is 1. The highest BCUT2D eigenvalue weighted by Gasteiger charge is 2.48. The van der Waals surface area contributed by atoms with Crippen molar-refractivity contribution in [2.24, 2.45) is 0 Å². The average molecular weight is 621 g/mol. The standard InChI is InChI=1S/C45H36N2O/c1-29-13-10-14-30(2)43(29)34-22-24-36-39(27-34)48-40-28-35(44-31(3)15-11-16-32(44)4)23-25-37(40)45(36,41-20-8-9-26-46-41)42-21-12-19-38(47-42)33-17-6-5-7-18-33/h5-28H,1-4H3. The van der Waals surface area contributed by atoms with Crippen LogP contribution in [0.15, 0.2) is 146 Å². The summed E-state index contributed by atoms with van der Waals surface area (Å²) in [5.74, 6) is 1.61. The van der Waals surface area contributed by atoms with Crippen LogP contribution in [0.4, 0.5) is 0 Å². The molecule has 48 heavy (non-hydrogen) atoms. The van der Waals surface area contributed by atoms with E-state index in [2.05, 4.69) is 155 Å². The number of hydrogen-bond acceptors (Lipinski definition) is 3. The van der Waals surface area contributed by atoms with E-state index in [4.69, 9.17) is 14.7 Å². The lowest BCUT2D eigenvalue weighted by Crippen LogP contribution is -2.36. The molecule has 0 bridgehead atoms. The summed E-state index contributed by atoms with van der Waals surface area (Å²) in [6.45, 7) is 8.69. The van der Waals surface area contributed by atoms with Crippen molar-refractivity contribution >= 4 is 0 Å². The van der Waals surface area contributed by atoms with Crippen molar-refractivity contribution in [1.29, 1.82) is 0 Å². The maximum absolute atomic E-state index is 7.02. The van der Waals surface area contributed by atoms with Gasteiger partial charge in [-0.3, -0.25) is 9.97 Å². The van der Waals surface area contributed by atoms with Gasteiger partial charge in [-0.15, -0.1) is 0 Å². The van der Waals surface area contributed by atoms with Crippen LogP contribution >= 0.6 is 0 Å². The normalized spacial score (nSPS) is 12.9. The summed E-state index contributed by atoms with van der Waals surface area (Å²) in [5, 5.41) is 0. The van der Waals surface area contributed by atoms with Gasteiger partial charge in [-0.05, 0) is 109 Å². The average Bonchev–Trinajstić information content (AvgIpc) is 3.11. The molecule has 0 saturated heterocycles. The van der Waals surface area contributed by atoms with E-state index in [9.17, 15) is 0 Å². The second-order valence-electron chi connectivity index (χ2n) is 12.8. The Morgan fingerprint density at radius 1 is 0.458 bits per heavy atom. The predicted molar refractivity (Wildman–Crippen MR) is 196 cm³/mol. The zero-order chi connectivity index (χ0) is 32.8. The molecule has 0 spiro atoms. The third-order valence-electron chi connectivity index (χ3n) is 9.78. The van der Waals surface area contributed by atoms with Crippen molar-refractivity contribution in [2.75, 3.05) is 0 Å². The maximum Gasteiger partial charge on any atom is 0.132 e. The van der Waals surface area contributed by atoms with Gasteiger partial charge in [0, 0.05) is 22.9 Å². The predicted octanol–water partition coefficient (Wildman–Crippen LogP) is 11.2. The van der Waals surface area contributed by atoms with Gasteiger partial charge in [0.15, 0.2) is 0 Å². The Hall–Kier alpha value is -5.80. The largest absolute Gasteiger partial charge is 0.457 e. The number of aryl methyl sites for hydroxylation is 4. The highest BCUT2D eigenvalue weighted by Crippen LogP contribution is 2.56. The van der Waals surface area contributed by atoms with E-state index < -0.39 is 5.41 Å². The summed E-state index contributed by atoms with van der Waals surface area (Å²) in [6.07, 6.45) is 1.88. The maximum atomic E-state index is 7.02. The SMILES string of the molecule is Cc1cccc(C)c1-c1ccc2c(c1)Oc1cc(-c3c(C)cccc3C)ccc1C2(c1ccccn1)c1cccc(-c2ccccc2)n1. The zero-order valence-corrected chi connectivity index (χ0v) is 27.7. The number of aromatic nitrogens is 2. The first kappa shape index (κ1) is 29.6. The third-order valence-corrected chi connectivity index (χ3v) is 9.78. The molecular formula is C45H36N2O. The Morgan fingerprint density at radius 3 is 1.52 bits per heavy atom. The van der Waals surface area contributed by atoms with E-state index in [-0.39, 0.29) is 0 Å². The lowest BCUT2D eigenvalue weighted by molar-refractivity contribution is 0.430. The van der Waals surface area contributed by atoms with Gasteiger partial charge in [-0.25, -0.2) is 0 Å². The summed E-state index contributed by atoms with van der Waals surface area (Å²) < 4.78 is 7.02. The van der Waals surface area contributed by atoms with E-state index in [1.165, 1.54) is 33.4 Å². The van der Waals surface area contributed by atoms with Crippen LogP contribution in [0.2, 0.25) is 0 Å². The minimum atomic E-state index is -0.840. The molecule has 7 aromatic rings. The monoisotopic (exact) mass is 620 g/mol. The molecule has 3 heteroatoms. The van der Waals surface area contributed by atoms with Gasteiger partial charge in [0.2, 0.25) is 0 Å². The molecule has 0 fully saturated rings. The Morgan fingerprint density at radius 2 is 0.979 bits per heavy atom. The quantitative estimate of drug-likeness (QED) is 0.192. The Bertz CT molecular complexity index is 2170. The van der Waals surface area contributed by atoms with E-state index >= 15 is 0 Å². The first-order valence-corrected chi connectivity index (χ1v) is 16.5. The lowest BCUT2D eigenvalue weighted by Gasteiger charge is -2.40. The van der Waals surface area contributed by atoms with Crippen LogP contribution in [-0.4, -0.2) is 9.97 Å². The molecule has 0 amide bonds. The number of benzene rings is 5. The van der Waals surface area contributed by atoms with Gasteiger partial charge in [-0.1, -0.05) is 103 Å². The third kappa shape index (κ3) is 4.74. The van der Waals surface area contributed by atoms with Gasteiger partial charge < -0.3 is 4.74 Å². The molecule has 5 aromatic carbocycles. The van der Waals surface area contributed by atoms with Crippen molar-refractivity contribution in [2.45, 2.75) is 33.1 Å². The fourth-order valence-corrected chi connectivity index (χ4v) is 7.63. The number of hydrogen-bond donors (Lipinski definition) is 0. The van der Waals surface area contributed by atoms with Gasteiger partial charge in [-0.2, -0.15) is 0 Å². The van der Waals surface area contributed by atoms with Crippen molar-refractivity contribution in [3.63, 3.8) is 0 Å². The molecule has 3 nitrogen and oxygen atoms in total. The molecule has 232 valence electrons. The van der Waals surface area contributed by atoms with Crippen molar-refractivity contribution in [3.8, 4) is 45.0 Å². The van der Waals surface area contributed by atoms with Crippen LogP contribution in [0.25, 0.3) is 33.5 Å². The molecule has 1 aliphatic rings. The number of pyridine rings is 2. The van der Waals surface area contributed by atoms with Gasteiger partial charge in [0.05, 0.1) is 17.1 Å². The summed E-state index contributed by atoms with van der Waals surface area (Å²) in [4.78, 5) is 10.5. The van der Waals surface area contributed by atoms with E-state index in [1.54, 1.807) is 0 Å². The lowest BCUT2D eigenvalue weighted by atomic mass is 9.66. The number of nitrogens with zero attached hydrogens (tertiary/aromatic N) is 2. The molecule has 0 unspecified atom stereocenters. The minimum Gasteiger partial charge on any atom is -0.457 e. The van der Waals surface area contributed by atoms with E-state index in [0.29, 0.717) is 0 Å². The number of fused-ring (bicyclic) bond motifs is 2. The van der Waals surface area contributed by atoms with Crippen LogP contribution < -0.4 is 4.74 Å². The molecule has 0 saturated carbocycles. The Balaban J connectivity index is 1.45. The van der Waals surface area contributed by atoms with E-state index in [1.807, 2.05) is 18.3 Å². The Labute approximate surface area is 282 Å². The van der Waals surface area contributed by atoms with Crippen LogP contribution in [0.5, 0.6) is 11.5 Å². The first-order chi connectivity index (χ1) is 23.4. The summed E-state index contributed by atoms with van der Waals surface area (Å²) >= 11 is 0. The van der Waals surface area contributed by atoms with Crippen LogP contribution in [0.1, 0.15) is 44.8 Å². The molecule has 2 aromatic heterocycles. The van der Waals surface area contributed by atoms with Gasteiger partial charge in [0.25, 0.3) is 0 Å². The fraction of sp³-hybridized carbons (Fsp3) is 0.111. The molecule has 3 heterocycles. The van der Waals surface area contributed by atoms with E-state index in [0.717, 1.165) is 56.4 Å². The smallest absolute Gasteiger partial charge is 0.132 e. The summed E-state index contributed by atoms with van der Waals surface area (Å²) in [6, 6.07) is 49.1. The fourth-order valence-electron chi connectivity index (χ4n) is 7.63. The Kier molecular flexibility index (Phi) is 7.26. The highest BCUT2D eigenvalue weighted by atomic mass is 16.5. The molecule has 0 radical (unpaired) electrons. The highest BCUT2D eigenvalue weighted by molar-refractivity contribution is 5.79. The number of rotatable bonds is 5. The van der Waals surface area contributed by atoms with Crippen molar-refractivity contribution in [1.82, 2.24) is 9.97 Å². The topological polar surface area (TPSA) is 35.0 Å². The molecular weight excluding hydrogens is 585 g/mol. The second-order valence-corrected chi connectivity index (χ2v) is 12.8. The van der Waals surface area contributed by atoms with Gasteiger partial charge in [0.1, 0.15) is 16.9 Å². The minimum absolute atomic E-state index is 0.805. The molecule has 0 atom stereocenters. The summed E-state index contributed by atoms with van der Waals surface area (Å²) in [5.41, 5.74) is 14.6. The van der Waals surface area contributed by atoms with Crippen LogP contribution in [-0.2, 0) is 5.41 Å². The van der Waals surface area contributed by atoms with Crippen molar-refractivity contribution in [3.05, 3.63) is 190 Å². The zero-order valence-electron chi connectivity index (χ0n) is 27.7. The molecule has 1 aliphatic heterocycles. The molecule has 8 rings (SSSR count).